The molecule has 1 saturated heterocycles. The van der Waals surface area contributed by atoms with Crippen molar-refractivity contribution in [3.8, 4) is 17.2 Å². The summed E-state index contributed by atoms with van der Waals surface area (Å²) in [5.41, 5.74) is 1.24. The Balaban J connectivity index is 2.01. The van der Waals surface area contributed by atoms with Gasteiger partial charge in [0.25, 0.3) is 0 Å². The Kier molecular flexibility index (Phi) is 5.85. The van der Waals surface area contributed by atoms with Gasteiger partial charge >= 0.3 is 0 Å². The molecule has 5 heteroatoms. The SMILES string of the molecule is COc1cc(OC)c([C@H](C2CCCC2)N2CCNCC2)cc1OC. The van der Waals surface area contributed by atoms with Crippen LogP contribution in [0.1, 0.15) is 37.3 Å². The van der Waals surface area contributed by atoms with E-state index in [1.165, 1.54) is 31.2 Å². The fraction of sp³-hybridized carbons (Fsp3) is 0.684. The first-order valence-corrected chi connectivity index (χ1v) is 9.03. The van der Waals surface area contributed by atoms with Gasteiger partial charge in [-0.2, -0.15) is 0 Å². The van der Waals surface area contributed by atoms with Crippen molar-refractivity contribution in [1.29, 1.82) is 0 Å². The van der Waals surface area contributed by atoms with Crippen LogP contribution in [-0.2, 0) is 0 Å². The predicted octanol–water partition coefficient (Wildman–Crippen LogP) is 2.85. The maximum atomic E-state index is 5.74. The molecule has 1 aliphatic carbocycles. The summed E-state index contributed by atoms with van der Waals surface area (Å²) < 4.78 is 16.8. The van der Waals surface area contributed by atoms with E-state index in [0.717, 1.165) is 43.4 Å². The summed E-state index contributed by atoms with van der Waals surface area (Å²) in [6, 6.07) is 4.49. The zero-order valence-corrected chi connectivity index (χ0v) is 15.1. The van der Waals surface area contributed by atoms with Gasteiger partial charge in [-0.15, -0.1) is 0 Å². The number of methoxy groups -OCH3 is 3. The van der Waals surface area contributed by atoms with Crippen LogP contribution in [0.3, 0.4) is 0 Å². The van der Waals surface area contributed by atoms with Gasteiger partial charge in [0.15, 0.2) is 11.5 Å². The van der Waals surface area contributed by atoms with Crippen LogP contribution in [0.15, 0.2) is 12.1 Å². The largest absolute Gasteiger partial charge is 0.496 e. The van der Waals surface area contributed by atoms with E-state index in [2.05, 4.69) is 16.3 Å². The number of benzene rings is 1. The molecule has 0 bridgehead atoms. The van der Waals surface area contributed by atoms with Gasteiger partial charge < -0.3 is 19.5 Å². The second-order valence-corrected chi connectivity index (χ2v) is 6.72. The zero-order valence-electron chi connectivity index (χ0n) is 15.1. The number of hydrogen-bond acceptors (Lipinski definition) is 5. The Morgan fingerprint density at radius 1 is 0.917 bits per heavy atom. The highest BCUT2D eigenvalue weighted by Crippen LogP contribution is 2.46. The van der Waals surface area contributed by atoms with E-state index in [9.17, 15) is 0 Å². The predicted molar refractivity (Wildman–Crippen MR) is 95.2 cm³/mol. The molecule has 0 unspecified atom stereocenters. The first-order valence-electron chi connectivity index (χ1n) is 9.03. The van der Waals surface area contributed by atoms with Gasteiger partial charge in [-0.25, -0.2) is 0 Å². The number of piperazine rings is 1. The van der Waals surface area contributed by atoms with Crippen LogP contribution in [0.25, 0.3) is 0 Å². The summed E-state index contributed by atoms with van der Waals surface area (Å²) in [7, 11) is 5.11. The summed E-state index contributed by atoms with van der Waals surface area (Å²) >= 11 is 0. The lowest BCUT2D eigenvalue weighted by molar-refractivity contribution is 0.123. The van der Waals surface area contributed by atoms with Crippen molar-refractivity contribution < 1.29 is 14.2 Å². The Morgan fingerprint density at radius 3 is 2.08 bits per heavy atom. The molecule has 5 nitrogen and oxygen atoms in total. The minimum atomic E-state index is 0.393. The number of nitrogens with zero attached hydrogens (tertiary/aromatic N) is 1. The van der Waals surface area contributed by atoms with Crippen molar-refractivity contribution in [2.24, 2.45) is 5.92 Å². The molecule has 3 rings (SSSR count). The summed E-state index contributed by atoms with van der Waals surface area (Å²) in [5, 5.41) is 3.46. The Labute approximate surface area is 145 Å². The lowest BCUT2D eigenvalue weighted by atomic mass is 9.88. The minimum absolute atomic E-state index is 0.393. The smallest absolute Gasteiger partial charge is 0.164 e. The summed E-state index contributed by atoms with van der Waals surface area (Å²) in [6.45, 7) is 4.27. The van der Waals surface area contributed by atoms with E-state index in [1.54, 1.807) is 21.3 Å². The van der Waals surface area contributed by atoms with E-state index < -0.39 is 0 Å². The molecule has 1 aromatic carbocycles. The van der Waals surface area contributed by atoms with Crippen LogP contribution in [0.2, 0.25) is 0 Å². The third-order valence-electron chi connectivity index (χ3n) is 5.45. The van der Waals surface area contributed by atoms with Gasteiger partial charge in [0.1, 0.15) is 5.75 Å². The van der Waals surface area contributed by atoms with Crippen molar-refractivity contribution in [3.05, 3.63) is 17.7 Å². The van der Waals surface area contributed by atoms with E-state index in [4.69, 9.17) is 14.2 Å². The first-order chi connectivity index (χ1) is 11.8. The van der Waals surface area contributed by atoms with Crippen LogP contribution in [0, 0.1) is 5.92 Å². The molecule has 134 valence electrons. The molecule has 1 heterocycles. The monoisotopic (exact) mass is 334 g/mol. The molecule has 24 heavy (non-hydrogen) atoms. The van der Waals surface area contributed by atoms with Crippen molar-refractivity contribution >= 4 is 0 Å². The van der Waals surface area contributed by atoms with Crippen LogP contribution >= 0.6 is 0 Å². The number of hydrogen-bond donors (Lipinski definition) is 1. The summed E-state index contributed by atoms with van der Waals surface area (Å²) in [4.78, 5) is 2.62. The summed E-state index contributed by atoms with van der Waals surface area (Å²) in [5.74, 6) is 3.10. The van der Waals surface area contributed by atoms with Gasteiger partial charge in [-0.05, 0) is 24.8 Å². The van der Waals surface area contributed by atoms with Crippen molar-refractivity contribution in [3.63, 3.8) is 0 Å². The molecule has 2 fully saturated rings. The minimum Gasteiger partial charge on any atom is -0.496 e. The van der Waals surface area contributed by atoms with Crippen LogP contribution in [0.4, 0.5) is 0 Å². The highest BCUT2D eigenvalue weighted by molar-refractivity contribution is 5.52. The maximum Gasteiger partial charge on any atom is 0.164 e. The number of nitrogens with one attached hydrogen (secondary N) is 1. The van der Waals surface area contributed by atoms with Crippen LogP contribution in [-0.4, -0.2) is 52.4 Å². The second-order valence-electron chi connectivity index (χ2n) is 6.72. The molecule has 0 amide bonds. The third-order valence-corrected chi connectivity index (χ3v) is 5.45. The molecule has 1 atom stereocenters. The van der Waals surface area contributed by atoms with Gasteiger partial charge in [0.2, 0.25) is 0 Å². The fourth-order valence-electron chi connectivity index (χ4n) is 4.27. The second kappa shape index (κ2) is 8.08. The molecule has 0 aromatic heterocycles. The zero-order chi connectivity index (χ0) is 16.9. The van der Waals surface area contributed by atoms with Gasteiger partial charge in [0.05, 0.1) is 21.3 Å². The molecule has 1 N–H and O–H groups in total. The Hall–Kier alpha value is -1.46. The van der Waals surface area contributed by atoms with Gasteiger partial charge in [-0.1, -0.05) is 12.8 Å². The molecular weight excluding hydrogens is 304 g/mol. The summed E-state index contributed by atoms with van der Waals surface area (Å²) in [6.07, 6.45) is 5.27. The molecule has 0 spiro atoms. The lowest BCUT2D eigenvalue weighted by Crippen LogP contribution is -2.46. The molecule has 1 aromatic rings. The third kappa shape index (κ3) is 3.47. The quantitative estimate of drug-likeness (QED) is 0.866. The van der Waals surface area contributed by atoms with Crippen molar-refractivity contribution in [2.75, 3.05) is 47.5 Å². The first kappa shape index (κ1) is 17.4. The van der Waals surface area contributed by atoms with E-state index >= 15 is 0 Å². The standard InChI is InChI=1S/C19H30N2O3/c1-22-16-13-18(24-3)17(23-2)12-15(16)19(14-6-4-5-7-14)21-10-8-20-9-11-21/h12-14,19-20H,4-11H2,1-3H3/t19-/m0/s1. The topological polar surface area (TPSA) is 43.0 Å². The van der Waals surface area contributed by atoms with E-state index in [1.807, 2.05) is 6.07 Å². The Bertz CT molecular complexity index is 538. The lowest BCUT2D eigenvalue weighted by Gasteiger charge is -2.39. The maximum absolute atomic E-state index is 5.74. The molecular formula is C19H30N2O3. The van der Waals surface area contributed by atoms with Gasteiger partial charge in [-0.3, -0.25) is 4.90 Å². The number of ether oxygens (including phenoxy) is 3. The average molecular weight is 334 g/mol. The molecule has 1 aliphatic heterocycles. The van der Waals surface area contributed by atoms with E-state index in [0.29, 0.717) is 12.0 Å². The number of rotatable bonds is 6. The fourth-order valence-corrected chi connectivity index (χ4v) is 4.27. The Morgan fingerprint density at radius 2 is 1.50 bits per heavy atom. The average Bonchev–Trinajstić information content (AvgIpc) is 3.16. The van der Waals surface area contributed by atoms with E-state index in [-0.39, 0.29) is 0 Å². The molecule has 1 saturated carbocycles. The van der Waals surface area contributed by atoms with Crippen LogP contribution in [0.5, 0.6) is 17.2 Å². The normalized spacial score (nSPS) is 20.8. The highest BCUT2D eigenvalue weighted by atomic mass is 16.5. The van der Waals surface area contributed by atoms with Crippen molar-refractivity contribution in [1.82, 2.24) is 10.2 Å². The van der Waals surface area contributed by atoms with Gasteiger partial charge in [0, 0.05) is 43.9 Å². The van der Waals surface area contributed by atoms with Crippen molar-refractivity contribution in [2.45, 2.75) is 31.7 Å². The molecule has 2 aliphatic rings. The highest BCUT2D eigenvalue weighted by Gasteiger charge is 2.34. The molecule has 0 radical (unpaired) electrons. The van der Waals surface area contributed by atoms with Crippen LogP contribution < -0.4 is 19.5 Å².